The van der Waals surface area contributed by atoms with Crippen LogP contribution in [0.1, 0.15) is 38.1 Å². The summed E-state index contributed by atoms with van der Waals surface area (Å²) in [7, 11) is 1.30. The lowest BCUT2D eigenvalue weighted by atomic mass is 10.1. The van der Waals surface area contributed by atoms with Gasteiger partial charge in [-0.1, -0.05) is 24.3 Å². The minimum absolute atomic E-state index is 0.0982. The molecule has 0 aliphatic rings. The Morgan fingerprint density at radius 3 is 2.52 bits per heavy atom. The molecule has 0 aliphatic carbocycles. The number of carbonyl (C=O) groups is 3. The van der Waals surface area contributed by atoms with Crippen LogP contribution in [0.25, 0.3) is 0 Å². The predicted molar refractivity (Wildman–Crippen MR) is 107 cm³/mol. The number of Topliss-reactive ketones (excluding diaryl/α,β-unsaturated/α-hetero) is 1. The average Bonchev–Trinajstić information content (AvgIpc) is 2.74. The zero-order valence-corrected chi connectivity index (χ0v) is 15.8. The smallest absolute Gasteiger partial charge is 0.339 e. The molecule has 8 heteroatoms. The van der Waals surface area contributed by atoms with Crippen molar-refractivity contribution >= 4 is 34.9 Å². The van der Waals surface area contributed by atoms with Crippen molar-refractivity contribution in [3.8, 4) is 0 Å². The van der Waals surface area contributed by atoms with Crippen molar-refractivity contribution in [3.63, 3.8) is 0 Å². The van der Waals surface area contributed by atoms with Crippen molar-refractivity contribution in [1.29, 1.82) is 0 Å². The number of methoxy groups -OCH3 is 1. The van der Waals surface area contributed by atoms with E-state index in [2.05, 4.69) is 20.6 Å². The Morgan fingerprint density at radius 1 is 0.966 bits per heavy atom. The Hall–Kier alpha value is -4.07. The van der Waals surface area contributed by atoms with Crippen molar-refractivity contribution in [2.45, 2.75) is 6.92 Å². The lowest BCUT2D eigenvalue weighted by Crippen LogP contribution is -2.15. The summed E-state index contributed by atoms with van der Waals surface area (Å²) in [4.78, 5) is 44.0. The number of ether oxygens (including phenoxy) is 1. The summed E-state index contributed by atoms with van der Waals surface area (Å²) < 4.78 is 4.77. The number of nitrogens with one attached hydrogen (secondary N) is 2. The maximum atomic E-state index is 12.5. The number of rotatable bonds is 6. The number of nitrogens with zero attached hydrogens (tertiary/aromatic N) is 2. The average molecular weight is 390 g/mol. The zero-order chi connectivity index (χ0) is 20.8. The van der Waals surface area contributed by atoms with Crippen molar-refractivity contribution in [2.24, 2.45) is 0 Å². The SMILES string of the molecule is COC(=O)c1ccccc1Nc1cc(C(=O)Nc2cccc(C(C)=O)c2)ncn1. The van der Waals surface area contributed by atoms with Gasteiger partial charge in [-0.15, -0.1) is 0 Å². The number of hydrogen-bond donors (Lipinski definition) is 2. The van der Waals surface area contributed by atoms with Gasteiger partial charge in [0.15, 0.2) is 5.78 Å². The fourth-order valence-corrected chi connectivity index (χ4v) is 2.58. The molecule has 0 saturated carbocycles. The highest BCUT2D eigenvalue weighted by atomic mass is 16.5. The van der Waals surface area contributed by atoms with Crippen molar-refractivity contribution in [1.82, 2.24) is 9.97 Å². The highest BCUT2D eigenvalue weighted by Crippen LogP contribution is 2.21. The van der Waals surface area contributed by atoms with Gasteiger partial charge in [0.25, 0.3) is 5.91 Å². The fraction of sp³-hybridized carbons (Fsp3) is 0.0952. The van der Waals surface area contributed by atoms with Crippen LogP contribution in [0, 0.1) is 0 Å². The highest BCUT2D eigenvalue weighted by molar-refractivity contribution is 6.04. The van der Waals surface area contributed by atoms with E-state index in [1.54, 1.807) is 48.5 Å². The maximum absolute atomic E-state index is 12.5. The molecule has 1 heterocycles. The Bertz CT molecular complexity index is 1080. The first-order valence-electron chi connectivity index (χ1n) is 8.66. The second-order valence-corrected chi connectivity index (χ2v) is 6.04. The van der Waals surface area contributed by atoms with Gasteiger partial charge in [0.1, 0.15) is 17.8 Å². The number of ketones is 1. The molecule has 1 amide bonds. The van der Waals surface area contributed by atoms with Gasteiger partial charge in [-0.3, -0.25) is 9.59 Å². The molecule has 0 saturated heterocycles. The Balaban J connectivity index is 1.80. The van der Waals surface area contributed by atoms with Gasteiger partial charge < -0.3 is 15.4 Å². The molecule has 2 N–H and O–H groups in total. The van der Waals surface area contributed by atoms with Gasteiger partial charge in [-0.2, -0.15) is 0 Å². The molecule has 3 rings (SSSR count). The summed E-state index contributed by atoms with van der Waals surface area (Å²) in [5.74, 6) is -0.722. The van der Waals surface area contributed by atoms with E-state index in [9.17, 15) is 14.4 Å². The van der Waals surface area contributed by atoms with Gasteiger partial charge in [0.2, 0.25) is 0 Å². The molecule has 0 radical (unpaired) electrons. The molecular weight excluding hydrogens is 372 g/mol. The van der Waals surface area contributed by atoms with E-state index < -0.39 is 11.9 Å². The van der Waals surface area contributed by atoms with Crippen LogP contribution in [0.3, 0.4) is 0 Å². The molecule has 146 valence electrons. The number of amides is 1. The molecule has 3 aromatic rings. The molecule has 0 atom stereocenters. The molecule has 0 aliphatic heterocycles. The summed E-state index contributed by atoms with van der Waals surface area (Å²) >= 11 is 0. The first-order valence-corrected chi connectivity index (χ1v) is 8.66. The summed E-state index contributed by atoms with van der Waals surface area (Å²) in [6.07, 6.45) is 1.24. The Labute approximate surface area is 167 Å². The summed E-state index contributed by atoms with van der Waals surface area (Å²) in [5, 5.41) is 5.69. The maximum Gasteiger partial charge on any atom is 0.339 e. The lowest BCUT2D eigenvalue weighted by molar-refractivity contribution is 0.0601. The van der Waals surface area contributed by atoms with E-state index in [0.29, 0.717) is 28.3 Å². The molecule has 0 spiro atoms. The van der Waals surface area contributed by atoms with E-state index in [0.717, 1.165) is 0 Å². The highest BCUT2D eigenvalue weighted by Gasteiger charge is 2.14. The summed E-state index contributed by atoms with van der Waals surface area (Å²) in [6.45, 7) is 1.45. The molecule has 1 aromatic heterocycles. The van der Waals surface area contributed by atoms with E-state index in [4.69, 9.17) is 4.74 Å². The van der Waals surface area contributed by atoms with Crippen LogP contribution >= 0.6 is 0 Å². The quantitative estimate of drug-likeness (QED) is 0.490. The number of aromatic nitrogens is 2. The van der Waals surface area contributed by atoms with Crippen LogP contribution in [0.4, 0.5) is 17.2 Å². The number of hydrogen-bond acceptors (Lipinski definition) is 7. The van der Waals surface area contributed by atoms with Crippen LogP contribution in [0.2, 0.25) is 0 Å². The van der Waals surface area contributed by atoms with E-state index >= 15 is 0 Å². The van der Waals surface area contributed by atoms with Crippen LogP contribution < -0.4 is 10.6 Å². The number of benzene rings is 2. The molecule has 8 nitrogen and oxygen atoms in total. The lowest BCUT2D eigenvalue weighted by Gasteiger charge is -2.11. The van der Waals surface area contributed by atoms with E-state index in [1.165, 1.54) is 26.4 Å². The number of esters is 1. The van der Waals surface area contributed by atoms with Crippen molar-refractivity contribution in [3.05, 3.63) is 77.7 Å². The van der Waals surface area contributed by atoms with Crippen molar-refractivity contribution < 1.29 is 19.1 Å². The van der Waals surface area contributed by atoms with Crippen LogP contribution in [0.15, 0.2) is 60.9 Å². The monoisotopic (exact) mass is 390 g/mol. The van der Waals surface area contributed by atoms with E-state index in [-0.39, 0.29) is 11.5 Å². The minimum Gasteiger partial charge on any atom is -0.465 e. The largest absolute Gasteiger partial charge is 0.465 e. The number of anilines is 3. The number of para-hydroxylation sites is 1. The Morgan fingerprint density at radius 2 is 1.76 bits per heavy atom. The van der Waals surface area contributed by atoms with Gasteiger partial charge >= 0.3 is 5.97 Å². The second-order valence-electron chi connectivity index (χ2n) is 6.04. The molecule has 0 unspecified atom stereocenters. The first kappa shape index (κ1) is 19.7. The molecule has 2 aromatic carbocycles. The minimum atomic E-state index is -0.495. The molecule has 0 fully saturated rings. The molecule has 29 heavy (non-hydrogen) atoms. The predicted octanol–water partition coefficient (Wildman–Crippen LogP) is 3.46. The Kier molecular flexibility index (Phi) is 5.94. The topological polar surface area (TPSA) is 110 Å². The van der Waals surface area contributed by atoms with Gasteiger partial charge in [-0.05, 0) is 31.2 Å². The second kappa shape index (κ2) is 8.75. The zero-order valence-electron chi connectivity index (χ0n) is 15.8. The third-order valence-corrected chi connectivity index (χ3v) is 4.02. The van der Waals surface area contributed by atoms with Crippen molar-refractivity contribution in [2.75, 3.05) is 17.7 Å². The summed E-state index contributed by atoms with van der Waals surface area (Å²) in [6, 6.07) is 14.9. The molecule has 0 bridgehead atoms. The van der Waals surface area contributed by atoms with Crippen LogP contribution in [-0.2, 0) is 4.74 Å². The number of carbonyl (C=O) groups excluding carboxylic acids is 3. The van der Waals surface area contributed by atoms with Gasteiger partial charge in [0.05, 0.1) is 18.4 Å². The van der Waals surface area contributed by atoms with E-state index in [1.807, 2.05) is 0 Å². The van der Waals surface area contributed by atoms with Crippen LogP contribution in [-0.4, -0.2) is 34.7 Å². The third kappa shape index (κ3) is 4.81. The third-order valence-electron chi connectivity index (χ3n) is 4.02. The first-order chi connectivity index (χ1) is 14.0. The molecular formula is C21H18N4O4. The van der Waals surface area contributed by atoms with Gasteiger partial charge in [-0.25, -0.2) is 14.8 Å². The van der Waals surface area contributed by atoms with Gasteiger partial charge in [0, 0.05) is 17.3 Å². The fourth-order valence-electron chi connectivity index (χ4n) is 2.58. The standard InChI is InChI=1S/C21H18N4O4/c1-13(26)14-6-5-7-15(10-14)24-20(27)18-11-19(23-12-22-18)25-17-9-4-3-8-16(17)21(28)29-2/h3-12H,1-2H3,(H,24,27)(H,22,23,25). The van der Waals surface area contributed by atoms with Crippen LogP contribution in [0.5, 0.6) is 0 Å². The summed E-state index contributed by atoms with van der Waals surface area (Å²) in [5.41, 5.74) is 1.91. The normalized spacial score (nSPS) is 10.1.